The molecule has 0 rings (SSSR count). The van der Waals surface area contributed by atoms with Crippen LogP contribution >= 0.6 is 15.9 Å². The maximum absolute atomic E-state index is 3.20. The molecule has 0 aliphatic rings. The van der Waals surface area contributed by atoms with Crippen LogP contribution in [0.4, 0.5) is 0 Å². The zero-order valence-corrected chi connectivity index (χ0v) is 9.26. The van der Waals surface area contributed by atoms with Crippen molar-refractivity contribution in [3.63, 3.8) is 0 Å². The molecular weight excluding hydrogens is 212 g/mol. The average Bonchev–Trinajstić information content (AvgIpc) is 2.10. The molecule has 0 aliphatic heterocycles. The molecule has 0 saturated heterocycles. The van der Waals surface area contributed by atoms with E-state index in [4.69, 9.17) is 0 Å². The van der Waals surface area contributed by atoms with E-state index in [1.807, 2.05) is 23.2 Å². The standard InChI is InChI=1S/C11H17Br/c1-2-3-4-5-6-7-8-9-10-11-12/h6-11H,2-5H2,1H3/b7-6+,9-8+,11-10-. The SMILES string of the molecule is CCCCC/C=C/C=C/C=C\Br. The molecule has 12 heavy (non-hydrogen) atoms. The summed E-state index contributed by atoms with van der Waals surface area (Å²) in [6.07, 6.45) is 15.5. The fourth-order valence-corrected chi connectivity index (χ4v) is 1.03. The zero-order chi connectivity index (χ0) is 9.07. The topological polar surface area (TPSA) is 0 Å². The molecule has 0 aromatic rings. The van der Waals surface area contributed by atoms with Crippen molar-refractivity contribution in [1.29, 1.82) is 0 Å². The quantitative estimate of drug-likeness (QED) is 0.461. The first-order valence-electron chi connectivity index (χ1n) is 4.50. The largest absolute Gasteiger partial charge is 0.0845 e. The number of rotatable bonds is 6. The van der Waals surface area contributed by atoms with Gasteiger partial charge in [0.25, 0.3) is 0 Å². The third-order valence-corrected chi connectivity index (χ3v) is 1.82. The van der Waals surface area contributed by atoms with Crippen LogP contribution in [0, 0.1) is 0 Å². The molecule has 0 aliphatic carbocycles. The van der Waals surface area contributed by atoms with Crippen molar-refractivity contribution in [1.82, 2.24) is 0 Å². The van der Waals surface area contributed by atoms with Crippen molar-refractivity contribution in [2.45, 2.75) is 32.6 Å². The van der Waals surface area contributed by atoms with E-state index in [1.165, 1.54) is 25.7 Å². The van der Waals surface area contributed by atoms with Crippen molar-refractivity contribution in [3.8, 4) is 0 Å². The summed E-state index contributed by atoms with van der Waals surface area (Å²) in [7, 11) is 0. The monoisotopic (exact) mass is 228 g/mol. The van der Waals surface area contributed by atoms with E-state index >= 15 is 0 Å². The molecule has 0 aromatic carbocycles. The Bertz CT molecular complexity index is 154. The van der Waals surface area contributed by atoms with Gasteiger partial charge in [0.05, 0.1) is 0 Å². The Kier molecular flexibility index (Phi) is 10.4. The minimum Gasteiger partial charge on any atom is -0.0845 e. The maximum Gasteiger partial charge on any atom is -0.0189 e. The number of allylic oxidation sites excluding steroid dienone is 5. The molecule has 0 amide bonds. The summed E-state index contributed by atoms with van der Waals surface area (Å²) in [5.74, 6) is 0. The number of hydrogen-bond acceptors (Lipinski definition) is 0. The van der Waals surface area contributed by atoms with E-state index in [0.717, 1.165) is 0 Å². The van der Waals surface area contributed by atoms with Gasteiger partial charge in [0, 0.05) is 0 Å². The molecule has 0 aromatic heterocycles. The first-order valence-corrected chi connectivity index (χ1v) is 5.42. The molecule has 1 heteroatoms. The fraction of sp³-hybridized carbons (Fsp3) is 0.455. The van der Waals surface area contributed by atoms with E-state index in [1.54, 1.807) is 0 Å². The van der Waals surface area contributed by atoms with Crippen LogP contribution in [0.1, 0.15) is 32.6 Å². The lowest BCUT2D eigenvalue weighted by molar-refractivity contribution is 0.729. The Balaban J connectivity index is 3.24. The van der Waals surface area contributed by atoms with Crippen LogP contribution in [-0.4, -0.2) is 0 Å². The summed E-state index contributed by atoms with van der Waals surface area (Å²) in [4.78, 5) is 1.84. The van der Waals surface area contributed by atoms with Gasteiger partial charge < -0.3 is 0 Å². The van der Waals surface area contributed by atoms with E-state index in [2.05, 4.69) is 35.0 Å². The maximum atomic E-state index is 3.20. The lowest BCUT2D eigenvalue weighted by Crippen LogP contribution is -1.69. The van der Waals surface area contributed by atoms with Gasteiger partial charge in [0.1, 0.15) is 0 Å². The average molecular weight is 229 g/mol. The van der Waals surface area contributed by atoms with Gasteiger partial charge in [-0.3, -0.25) is 0 Å². The van der Waals surface area contributed by atoms with Gasteiger partial charge in [-0.15, -0.1) is 0 Å². The molecule has 0 unspecified atom stereocenters. The Hall–Kier alpha value is -0.300. The molecule has 0 bridgehead atoms. The van der Waals surface area contributed by atoms with Gasteiger partial charge >= 0.3 is 0 Å². The second-order valence-electron chi connectivity index (χ2n) is 2.63. The normalized spacial score (nSPS) is 12.5. The van der Waals surface area contributed by atoms with Crippen molar-refractivity contribution in [3.05, 3.63) is 35.4 Å². The van der Waals surface area contributed by atoms with Crippen LogP contribution in [0.15, 0.2) is 35.4 Å². The highest BCUT2D eigenvalue weighted by molar-refractivity contribution is 9.11. The molecule has 68 valence electrons. The molecule has 0 saturated carbocycles. The molecule has 0 fully saturated rings. The number of hydrogen-bond donors (Lipinski definition) is 0. The van der Waals surface area contributed by atoms with Gasteiger partial charge in [-0.2, -0.15) is 0 Å². The number of halogens is 1. The molecule has 0 nitrogen and oxygen atoms in total. The summed E-state index contributed by atoms with van der Waals surface area (Å²) in [5.41, 5.74) is 0. The van der Waals surface area contributed by atoms with Crippen molar-refractivity contribution >= 4 is 15.9 Å². The highest BCUT2D eigenvalue weighted by Crippen LogP contribution is 1.99. The van der Waals surface area contributed by atoms with Crippen LogP contribution in [0.2, 0.25) is 0 Å². The zero-order valence-electron chi connectivity index (χ0n) is 7.67. The smallest absolute Gasteiger partial charge is 0.0189 e. The van der Waals surface area contributed by atoms with Crippen LogP contribution < -0.4 is 0 Å². The second kappa shape index (κ2) is 10.7. The van der Waals surface area contributed by atoms with Gasteiger partial charge in [0.2, 0.25) is 0 Å². The highest BCUT2D eigenvalue weighted by Gasteiger charge is 1.79. The molecule has 0 spiro atoms. The Morgan fingerprint density at radius 3 is 2.42 bits per heavy atom. The van der Waals surface area contributed by atoms with E-state index < -0.39 is 0 Å². The summed E-state index contributed by atoms with van der Waals surface area (Å²) in [5, 5.41) is 0. The molecule has 0 heterocycles. The molecule has 0 N–H and O–H groups in total. The van der Waals surface area contributed by atoms with Gasteiger partial charge in [-0.05, 0) is 17.8 Å². The third-order valence-electron chi connectivity index (χ3n) is 1.52. The molecule has 0 radical (unpaired) electrons. The van der Waals surface area contributed by atoms with Gasteiger partial charge in [-0.1, -0.05) is 66.1 Å². The predicted octanol–water partition coefficient (Wildman–Crippen LogP) is 4.59. The molecule has 0 atom stereocenters. The Morgan fingerprint density at radius 2 is 1.75 bits per heavy atom. The van der Waals surface area contributed by atoms with Crippen LogP contribution in [0.5, 0.6) is 0 Å². The second-order valence-corrected chi connectivity index (χ2v) is 3.16. The number of unbranched alkanes of at least 4 members (excludes halogenated alkanes) is 3. The third kappa shape index (κ3) is 9.70. The van der Waals surface area contributed by atoms with E-state index in [9.17, 15) is 0 Å². The first-order chi connectivity index (χ1) is 5.91. The van der Waals surface area contributed by atoms with E-state index in [-0.39, 0.29) is 0 Å². The lowest BCUT2D eigenvalue weighted by Gasteiger charge is -1.89. The van der Waals surface area contributed by atoms with Crippen LogP contribution in [0.25, 0.3) is 0 Å². The van der Waals surface area contributed by atoms with E-state index in [0.29, 0.717) is 0 Å². The molecular formula is C11H17Br. The van der Waals surface area contributed by atoms with Gasteiger partial charge in [-0.25, -0.2) is 0 Å². The van der Waals surface area contributed by atoms with Gasteiger partial charge in [0.15, 0.2) is 0 Å². The fourth-order valence-electron chi connectivity index (χ4n) is 0.857. The van der Waals surface area contributed by atoms with Crippen LogP contribution in [-0.2, 0) is 0 Å². The van der Waals surface area contributed by atoms with Crippen molar-refractivity contribution in [2.24, 2.45) is 0 Å². The van der Waals surface area contributed by atoms with Crippen LogP contribution in [0.3, 0.4) is 0 Å². The van der Waals surface area contributed by atoms with Crippen molar-refractivity contribution in [2.75, 3.05) is 0 Å². The minimum absolute atomic E-state index is 1.20. The Labute approximate surface area is 84.2 Å². The highest BCUT2D eigenvalue weighted by atomic mass is 79.9. The Morgan fingerprint density at radius 1 is 1.00 bits per heavy atom. The lowest BCUT2D eigenvalue weighted by atomic mass is 10.2. The minimum atomic E-state index is 1.20. The predicted molar refractivity (Wildman–Crippen MR) is 60.5 cm³/mol. The summed E-state index contributed by atoms with van der Waals surface area (Å²) < 4.78 is 0. The van der Waals surface area contributed by atoms with Crippen molar-refractivity contribution < 1.29 is 0 Å². The summed E-state index contributed by atoms with van der Waals surface area (Å²) in [6, 6.07) is 0. The first kappa shape index (κ1) is 11.7. The summed E-state index contributed by atoms with van der Waals surface area (Å²) >= 11 is 3.20. The summed E-state index contributed by atoms with van der Waals surface area (Å²) in [6.45, 7) is 2.23.